The Morgan fingerprint density at radius 3 is 2.50 bits per heavy atom. The van der Waals surface area contributed by atoms with Crippen LogP contribution in [0.15, 0.2) is 18.3 Å². The molecule has 1 atom stereocenters. The van der Waals surface area contributed by atoms with Crippen LogP contribution in [-0.2, 0) is 6.18 Å². The Morgan fingerprint density at radius 2 is 2.06 bits per heavy atom. The van der Waals surface area contributed by atoms with Crippen molar-refractivity contribution < 1.29 is 13.2 Å². The summed E-state index contributed by atoms with van der Waals surface area (Å²) in [5.41, 5.74) is -0.399. The zero-order valence-electron chi connectivity index (χ0n) is 10.5. The SMILES string of the molecule is CC1(C)CCC(Nc2ccc(C(F)(F)F)cn2)C1. The number of nitrogens with zero attached hydrogens (tertiary/aromatic N) is 1. The van der Waals surface area contributed by atoms with Crippen LogP contribution in [0.25, 0.3) is 0 Å². The van der Waals surface area contributed by atoms with E-state index in [4.69, 9.17) is 0 Å². The highest BCUT2D eigenvalue weighted by Crippen LogP contribution is 2.38. The predicted octanol–water partition coefficient (Wildman–Crippen LogP) is 4.09. The summed E-state index contributed by atoms with van der Waals surface area (Å²) < 4.78 is 37.1. The lowest BCUT2D eigenvalue weighted by molar-refractivity contribution is -0.137. The first kappa shape index (κ1) is 13.2. The van der Waals surface area contributed by atoms with Gasteiger partial charge in [-0.05, 0) is 36.8 Å². The van der Waals surface area contributed by atoms with Gasteiger partial charge in [-0.15, -0.1) is 0 Å². The average molecular weight is 258 g/mol. The second-order valence-electron chi connectivity index (χ2n) is 5.68. The molecule has 1 aliphatic carbocycles. The largest absolute Gasteiger partial charge is 0.417 e. The van der Waals surface area contributed by atoms with Crippen LogP contribution < -0.4 is 5.32 Å². The Hall–Kier alpha value is -1.26. The van der Waals surface area contributed by atoms with Crippen LogP contribution in [0.2, 0.25) is 0 Å². The topological polar surface area (TPSA) is 24.9 Å². The van der Waals surface area contributed by atoms with E-state index in [1.54, 1.807) is 0 Å². The van der Waals surface area contributed by atoms with E-state index in [1.165, 1.54) is 6.07 Å². The first-order valence-corrected chi connectivity index (χ1v) is 6.06. The summed E-state index contributed by atoms with van der Waals surface area (Å²) >= 11 is 0. The molecule has 18 heavy (non-hydrogen) atoms. The highest BCUT2D eigenvalue weighted by Gasteiger charge is 2.32. The van der Waals surface area contributed by atoms with E-state index in [0.29, 0.717) is 17.3 Å². The van der Waals surface area contributed by atoms with Crippen molar-refractivity contribution in [2.75, 3.05) is 5.32 Å². The predicted molar refractivity (Wildman–Crippen MR) is 64.3 cm³/mol. The number of hydrogen-bond donors (Lipinski definition) is 1. The fourth-order valence-corrected chi connectivity index (χ4v) is 2.42. The quantitative estimate of drug-likeness (QED) is 0.864. The molecule has 0 aromatic carbocycles. The van der Waals surface area contributed by atoms with Gasteiger partial charge in [-0.1, -0.05) is 13.8 Å². The van der Waals surface area contributed by atoms with Gasteiger partial charge in [0.05, 0.1) is 5.56 Å². The second-order valence-corrected chi connectivity index (χ2v) is 5.68. The summed E-state index contributed by atoms with van der Waals surface area (Å²) in [6.07, 6.45) is -0.250. The fraction of sp³-hybridized carbons (Fsp3) is 0.615. The van der Waals surface area contributed by atoms with Crippen molar-refractivity contribution in [3.8, 4) is 0 Å². The minimum Gasteiger partial charge on any atom is -0.367 e. The van der Waals surface area contributed by atoms with Crippen LogP contribution in [0.5, 0.6) is 0 Å². The Bertz CT molecular complexity index is 409. The summed E-state index contributed by atoms with van der Waals surface area (Å²) in [4.78, 5) is 3.83. The molecule has 2 rings (SSSR count). The maximum atomic E-state index is 12.4. The van der Waals surface area contributed by atoms with Crippen molar-refractivity contribution in [3.63, 3.8) is 0 Å². The monoisotopic (exact) mass is 258 g/mol. The lowest BCUT2D eigenvalue weighted by Crippen LogP contribution is -2.18. The molecule has 0 bridgehead atoms. The van der Waals surface area contributed by atoms with Crippen LogP contribution >= 0.6 is 0 Å². The Labute approximate surface area is 105 Å². The molecule has 2 nitrogen and oxygen atoms in total. The third-order valence-corrected chi connectivity index (χ3v) is 3.41. The van der Waals surface area contributed by atoms with E-state index in [-0.39, 0.29) is 0 Å². The molecule has 0 saturated heterocycles. The number of alkyl halides is 3. The molecule has 0 amide bonds. The summed E-state index contributed by atoms with van der Waals surface area (Å²) in [5, 5.41) is 3.20. The number of nitrogens with one attached hydrogen (secondary N) is 1. The Morgan fingerprint density at radius 1 is 1.33 bits per heavy atom. The van der Waals surface area contributed by atoms with Gasteiger partial charge >= 0.3 is 6.18 Å². The van der Waals surface area contributed by atoms with Gasteiger partial charge in [0, 0.05) is 12.2 Å². The zero-order valence-corrected chi connectivity index (χ0v) is 10.5. The highest BCUT2D eigenvalue weighted by molar-refractivity contribution is 5.37. The standard InChI is InChI=1S/C13H17F3N2/c1-12(2)6-5-10(7-12)18-11-4-3-9(8-17-11)13(14,15)16/h3-4,8,10H,5-7H2,1-2H3,(H,17,18). The molecule has 5 heteroatoms. The van der Waals surface area contributed by atoms with E-state index < -0.39 is 11.7 Å². The zero-order chi connectivity index (χ0) is 13.4. The smallest absolute Gasteiger partial charge is 0.367 e. The molecule has 1 aromatic rings. The van der Waals surface area contributed by atoms with Gasteiger partial charge in [0.2, 0.25) is 0 Å². The van der Waals surface area contributed by atoms with Crippen molar-refractivity contribution in [1.29, 1.82) is 0 Å². The van der Waals surface area contributed by atoms with Gasteiger partial charge in [-0.3, -0.25) is 0 Å². The molecule has 1 saturated carbocycles. The van der Waals surface area contributed by atoms with E-state index in [9.17, 15) is 13.2 Å². The maximum Gasteiger partial charge on any atom is 0.417 e. The molecular formula is C13H17F3N2. The minimum absolute atomic E-state index is 0.309. The van der Waals surface area contributed by atoms with Gasteiger partial charge < -0.3 is 5.32 Å². The summed E-state index contributed by atoms with van der Waals surface area (Å²) in [6.45, 7) is 4.41. The van der Waals surface area contributed by atoms with Crippen molar-refractivity contribution in [1.82, 2.24) is 4.98 Å². The van der Waals surface area contributed by atoms with Crippen molar-refractivity contribution in [3.05, 3.63) is 23.9 Å². The number of anilines is 1. The van der Waals surface area contributed by atoms with Crippen LogP contribution in [0, 0.1) is 5.41 Å². The Kier molecular flexibility index (Phi) is 3.25. The molecule has 0 spiro atoms. The second kappa shape index (κ2) is 4.44. The van der Waals surface area contributed by atoms with E-state index in [0.717, 1.165) is 31.5 Å². The number of aromatic nitrogens is 1. The molecule has 1 unspecified atom stereocenters. The number of pyridine rings is 1. The van der Waals surface area contributed by atoms with Crippen LogP contribution in [-0.4, -0.2) is 11.0 Å². The fourth-order valence-electron chi connectivity index (χ4n) is 2.42. The molecule has 1 fully saturated rings. The first-order chi connectivity index (χ1) is 8.26. The number of hydrogen-bond acceptors (Lipinski definition) is 2. The maximum absolute atomic E-state index is 12.4. The van der Waals surface area contributed by atoms with Gasteiger partial charge in [0.15, 0.2) is 0 Å². The van der Waals surface area contributed by atoms with Crippen LogP contribution in [0.3, 0.4) is 0 Å². The average Bonchev–Trinajstić information content (AvgIpc) is 2.57. The third-order valence-electron chi connectivity index (χ3n) is 3.41. The molecule has 1 aromatic heterocycles. The van der Waals surface area contributed by atoms with Crippen LogP contribution in [0.1, 0.15) is 38.7 Å². The number of halogens is 3. The van der Waals surface area contributed by atoms with E-state index in [2.05, 4.69) is 24.1 Å². The first-order valence-electron chi connectivity index (χ1n) is 6.06. The van der Waals surface area contributed by atoms with Crippen LogP contribution in [0.4, 0.5) is 19.0 Å². The van der Waals surface area contributed by atoms with Gasteiger partial charge in [0.1, 0.15) is 5.82 Å². The minimum atomic E-state index is -4.32. The summed E-state index contributed by atoms with van der Waals surface area (Å²) in [7, 11) is 0. The lowest BCUT2D eigenvalue weighted by atomic mass is 9.92. The molecular weight excluding hydrogens is 241 g/mol. The molecule has 1 aliphatic rings. The van der Waals surface area contributed by atoms with E-state index in [1.807, 2.05) is 0 Å². The van der Waals surface area contributed by atoms with Gasteiger partial charge in [-0.25, -0.2) is 4.98 Å². The normalized spacial score (nSPS) is 23.1. The van der Waals surface area contributed by atoms with Gasteiger partial charge in [0.25, 0.3) is 0 Å². The summed E-state index contributed by atoms with van der Waals surface area (Å²) in [6, 6.07) is 2.77. The number of rotatable bonds is 2. The molecule has 0 radical (unpaired) electrons. The highest BCUT2D eigenvalue weighted by atomic mass is 19.4. The third kappa shape index (κ3) is 3.15. The lowest BCUT2D eigenvalue weighted by Gasteiger charge is -2.18. The molecule has 100 valence electrons. The molecule has 1 heterocycles. The van der Waals surface area contributed by atoms with Crippen molar-refractivity contribution in [2.45, 2.75) is 45.3 Å². The van der Waals surface area contributed by atoms with E-state index >= 15 is 0 Å². The van der Waals surface area contributed by atoms with Crippen molar-refractivity contribution >= 4 is 5.82 Å². The van der Waals surface area contributed by atoms with Gasteiger partial charge in [-0.2, -0.15) is 13.2 Å². The Balaban J connectivity index is 1.99. The van der Waals surface area contributed by atoms with Crippen molar-refractivity contribution in [2.24, 2.45) is 5.41 Å². The summed E-state index contributed by atoms with van der Waals surface area (Å²) in [5.74, 6) is 0.519. The molecule has 1 N–H and O–H groups in total. The molecule has 0 aliphatic heterocycles.